The van der Waals surface area contributed by atoms with E-state index >= 15 is 0 Å². The maximum absolute atomic E-state index is 14.2. The number of nitrogens with zero attached hydrogens (tertiary/aromatic N) is 4. The quantitative estimate of drug-likeness (QED) is 0.659. The number of para-hydroxylation sites is 1. The number of rotatable bonds is 5. The van der Waals surface area contributed by atoms with Gasteiger partial charge < -0.3 is 20.1 Å². The number of ether oxygens (including phenoxy) is 2. The standard InChI is InChI=1S/C20H22F2N6O2/c21-14-2-1-3-15(22)17(14)26-20-25-16-10-23-19(24-12-4-7-29-8-5-12)27-18(16)28(20)13-6-9-30-11-13/h1-3,10,12-13H,4-9,11H2,(H,25,26)(H,23,24,27)/t13-/m0/s1. The molecule has 2 saturated heterocycles. The van der Waals surface area contributed by atoms with Crippen LogP contribution < -0.4 is 10.6 Å². The van der Waals surface area contributed by atoms with Crippen molar-refractivity contribution in [2.24, 2.45) is 0 Å². The number of aromatic nitrogens is 4. The molecule has 0 bridgehead atoms. The Bertz CT molecular complexity index is 1030. The maximum Gasteiger partial charge on any atom is 0.224 e. The molecule has 8 nitrogen and oxygen atoms in total. The minimum atomic E-state index is -0.691. The number of hydrogen-bond acceptors (Lipinski definition) is 7. The van der Waals surface area contributed by atoms with Crippen LogP contribution in [0.25, 0.3) is 11.2 Å². The van der Waals surface area contributed by atoms with Crippen molar-refractivity contribution in [3.8, 4) is 0 Å². The van der Waals surface area contributed by atoms with Gasteiger partial charge in [0.15, 0.2) is 5.65 Å². The van der Waals surface area contributed by atoms with Crippen LogP contribution in [0.5, 0.6) is 0 Å². The molecule has 0 amide bonds. The smallest absolute Gasteiger partial charge is 0.224 e. The van der Waals surface area contributed by atoms with Crippen LogP contribution in [0.4, 0.5) is 26.4 Å². The Hall–Kier alpha value is -2.85. The number of hydrogen-bond donors (Lipinski definition) is 2. The van der Waals surface area contributed by atoms with Gasteiger partial charge in [-0.25, -0.2) is 18.7 Å². The van der Waals surface area contributed by atoms with Crippen molar-refractivity contribution >= 4 is 28.7 Å². The minimum Gasteiger partial charge on any atom is -0.381 e. The minimum absolute atomic E-state index is 0.0434. The summed E-state index contributed by atoms with van der Waals surface area (Å²) in [7, 11) is 0. The Kier molecular flexibility index (Phi) is 5.17. The van der Waals surface area contributed by atoms with Crippen molar-refractivity contribution in [2.75, 3.05) is 37.1 Å². The maximum atomic E-state index is 14.2. The lowest BCUT2D eigenvalue weighted by molar-refractivity contribution is 0.0903. The summed E-state index contributed by atoms with van der Waals surface area (Å²) in [5.41, 5.74) is 0.884. The Morgan fingerprint density at radius 2 is 1.77 bits per heavy atom. The van der Waals surface area contributed by atoms with Crippen LogP contribution in [-0.4, -0.2) is 52.0 Å². The monoisotopic (exact) mass is 416 g/mol. The lowest BCUT2D eigenvalue weighted by Crippen LogP contribution is -2.28. The van der Waals surface area contributed by atoms with E-state index in [9.17, 15) is 8.78 Å². The van der Waals surface area contributed by atoms with Crippen molar-refractivity contribution in [3.63, 3.8) is 0 Å². The predicted octanol–water partition coefficient (Wildman–Crippen LogP) is 3.40. The molecule has 158 valence electrons. The Morgan fingerprint density at radius 3 is 2.50 bits per heavy atom. The van der Waals surface area contributed by atoms with Crippen molar-refractivity contribution in [3.05, 3.63) is 36.0 Å². The van der Waals surface area contributed by atoms with Gasteiger partial charge in [0.1, 0.15) is 22.8 Å². The zero-order valence-corrected chi connectivity index (χ0v) is 16.3. The molecule has 2 N–H and O–H groups in total. The van der Waals surface area contributed by atoms with Crippen LogP contribution >= 0.6 is 0 Å². The highest BCUT2D eigenvalue weighted by molar-refractivity contribution is 5.76. The normalized spacial score (nSPS) is 20.0. The van der Waals surface area contributed by atoms with Gasteiger partial charge in [-0.2, -0.15) is 4.98 Å². The summed E-state index contributed by atoms with van der Waals surface area (Å²) in [4.78, 5) is 13.6. The summed E-state index contributed by atoms with van der Waals surface area (Å²) in [6.07, 6.45) is 4.15. The number of nitrogens with one attached hydrogen (secondary N) is 2. The largest absolute Gasteiger partial charge is 0.381 e. The third-order valence-corrected chi connectivity index (χ3v) is 5.46. The molecule has 2 fully saturated rings. The lowest BCUT2D eigenvalue weighted by atomic mass is 10.1. The van der Waals surface area contributed by atoms with E-state index < -0.39 is 11.6 Å². The highest BCUT2D eigenvalue weighted by Gasteiger charge is 2.26. The first-order valence-electron chi connectivity index (χ1n) is 10.1. The van der Waals surface area contributed by atoms with Gasteiger partial charge in [0.2, 0.25) is 11.9 Å². The Balaban J connectivity index is 1.53. The van der Waals surface area contributed by atoms with Crippen molar-refractivity contribution in [1.29, 1.82) is 0 Å². The van der Waals surface area contributed by atoms with Crippen molar-refractivity contribution in [2.45, 2.75) is 31.3 Å². The number of fused-ring (bicyclic) bond motifs is 1. The topological polar surface area (TPSA) is 86.1 Å². The van der Waals surface area contributed by atoms with Crippen molar-refractivity contribution in [1.82, 2.24) is 19.5 Å². The van der Waals surface area contributed by atoms with Gasteiger partial charge in [-0.05, 0) is 31.4 Å². The molecule has 2 aromatic heterocycles. The van der Waals surface area contributed by atoms with Gasteiger partial charge in [0.25, 0.3) is 0 Å². The summed E-state index contributed by atoms with van der Waals surface area (Å²) in [5.74, 6) is -0.575. The highest BCUT2D eigenvalue weighted by Crippen LogP contribution is 2.31. The number of halogens is 2. The molecule has 0 aliphatic carbocycles. The van der Waals surface area contributed by atoms with Gasteiger partial charge >= 0.3 is 0 Å². The lowest BCUT2D eigenvalue weighted by Gasteiger charge is -2.23. The molecule has 10 heteroatoms. The molecule has 5 rings (SSSR count). The zero-order valence-electron chi connectivity index (χ0n) is 16.3. The SMILES string of the molecule is Fc1cccc(F)c1Nc1nc2cnc(NC3CCOCC3)nc2n1[C@H]1CCOC1. The molecule has 2 aliphatic heterocycles. The van der Waals surface area contributed by atoms with Crippen LogP contribution in [0.1, 0.15) is 25.3 Å². The third-order valence-electron chi connectivity index (χ3n) is 5.46. The number of benzene rings is 1. The average Bonchev–Trinajstić information content (AvgIpc) is 3.39. The molecule has 0 unspecified atom stereocenters. The van der Waals surface area contributed by atoms with Gasteiger partial charge in [0.05, 0.1) is 18.8 Å². The fourth-order valence-electron chi connectivity index (χ4n) is 3.87. The first-order chi connectivity index (χ1) is 14.7. The van der Waals surface area contributed by atoms with Gasteiger partial charge in [-0.1, -0.05) is 6.07 Å². The first-order valence-corrected chi connectivity index (χ1v) is 10.1. The average molecular weight is 416 g/mol. The molecule has 1 atom stereocenters. The molecule has 30 heavy (non-hydrogen) atoms. The van der Waals surface area contributed by atoms with E-state index in [0.717, 1.165) is 19.3 Å². The second-order valence-electron chi connectivity index (χ2n) is 7.48. The molecular formula is C20H22F2N6O2. The molecule has 2 aliphatic rings. The van der Waals surface area contributed by atoms with E-state index in [4.69, 9.17) is 9.47 Å². The third kappa shape index (κ3) is 3.68. The van der Waals surface area contributed by atoms with Gasteiger partial charge in [0, 0.05) is 25.9 Å². The van der Waals surface area contributed by atoms with Gasteiger partial charge in [-0.3, -0.25) is 4.57 Å². The highest BCUT2D eigenvalue weighted by atomic mass is 19.1. The van der Waals surface area contributed by atoms with E-state index in [1.807, 2.05) is 4.57 Å². The van der Waals surface area contributed by atoms with Crippen LogP contribution in [0.3, 0.4) is 0 Å². The molecule has 0 radical (unpaired) electrons. The summed E-state index contributed by atoms with van der Waals surface area (Å²) in [5, 5.41) is 6.17. The molecule has 4 heterocycles. The number of anilines is 3. The van der Waals surface area contributed by atoms with Crippen LogP contribution in [0.2, 0.25) is 0 Å². The van der Waals surface area contributed by atoms with Gasteiger partial charge in [-0.15, -0.1) is 0 Å². The Morgan fingerprint density at radius 1 is 1.00 bits per heavy atom. The van der Waals surface area contributed by atoms with Crippen LogP contribution in [0.15, 0.2) is 24.4 Å². The predicted molar refractivity (Wildman–Crippen MR) is 107 cm³/mol. The van der Waals surface area contributed by atoms with Crippen LogP contribution in [-0.2, 0) is 9.47 Å². The second kappa shape index (κ2) is 8.11. The fraction of sp³-hybridized carbons (Fsp3) is 0.450. The summed E-state index contributed by atoms with van der Waals surface area (Å²) in [6.45, 7) is 2.50. The van der Waals surface area contributed by atoms with E-state index in [1.165, 1.54) is 18.2 Å². The van der Waals surface area contributed by atoms with E-state index in [2.05, 4.69) is 25.6 Å². The molecular weight excluding hydrogens is 394 g/mol. The zero-order chi connectivity index (χ0) is 20.5. The van der Waals surface area contributed by atoms with Crippen LogP contribution in [0, 0.1) is 11.6 Å². The molecule has 0 spiro atoms. The fourth-order valence-corrected chi connectivity index (χ4v) is 3.87. The molecule has 3 aromatic rings. The summed E-state index contributed by atoms with van der Waals surface area (Å²) < 4.78 is 41.2. The van der Waals surface area contributed by atoms with E-state index in [0.29, 0.717) is 49.5 Å². The first kappa shape index (κ1) is 19.1. The van der Waals surface area contributed by atoms with Crippen molar-refractivity contribution < 1.29 is 18.3 Å². The Labute approximate surface area is 171 Å². The van der Waals surface area contributed by atoms with E-state index in [-0.39, 0.29) is 17.8 Å². The molecule has 1 aromatic carbocycles. The van der Waals surface area contributed by atoms with E-state index in [1.54, 1.807) is 6.20 Å². The number of imidazole rings is 1. The second-order valence-corrected chi connectivity index (χ2v) is 7.48. The molecule has 0 saturated carbocycles. The summed E-state index contributed by atoms with van der Waals surface area (Å²) >= 11 is 0. The summed E-state index contributed by atoms with van der Waals surface area (Å²) in [6, 6.07) is 3.92.